The Labute approximate surface area is 103 Å². The zero-order valence-electron chi connectivity index (χ0n) is 11.5. The molecule has 0 aliphatic rings. The first-order valence-corrected chi connectivity index (χ1v) is 7.22. The molecule has 0 rings (SSSR count). The van der Waals surface area contributed by atoms with Crippen molar-refractivity contribution in [3.8, 4) is 0 Å². The molecular weight excluding hydrogens is 194 g/mol. The van der Waals surface area contributed by atoms with Gasteiger partial charge in [0.15, 0.2) is 0 Å². The van der Waals surface area contributed by atoms with Gasteiger partial charge in [0.25, 0.3) is 0 Å². The van der Waals surface area contributed by atoms with Crippen LogP contribution >= 0.6 is 0 Å². The summed E-state index contributed by atoms with van der Waals surface area (Å²) >= 11 is 0. The van der Waals surface area contributed by atoms with Gasteiger partial charge in [-0.3, -0.25) is 0 Å². The highest BCUT2D eigenvalue weighted by Crippen LogP contribution is 2.06. The Balaban J connectivity index is 3.09. The molecule has 16 heavy (non-hydrogen) atoms. The molecule has 0 aliphatic carbocycles. The number of hydrogen-bond donors (Lipinski definition) is 1. The van der Waals surface area contributed by atoms with Crippen molar-refractivity contribution in [2.45, 2.75) is 78.1 Å². The second-order valence-corrected chi connectivity index (χ2v) is 4.76. The largest absolute Gasteiger partial charge is 0.389 e. The summed E-state index contributed by atoms with van der Waals surface area (Å²) in [6.45, 7) is 9.69. The van der Waals surface area contributed by atoms with Crippen molar-refractivity contribution in [1.29, 1.82) is 0 Å². The Morgan fingerprint density at radius 2 is 1.38 bits per heavy atom. The molecule has 1 nitrogen and oxygen atoms in total. The van der Waals surface area contributed by atoms with Gasteiger partial charge < -0.3 is 5.32 Å². The van der Waals surface area contributed by atoms with Crippen LogP contribution in [0, 0.1) is 0 Å². The molecule has 0 aromatic carbocycles. The third kappa shape index (κ3) is 11.6. The maximum atomic E-state index is 4.06. The Bertz CT molecular complexity index is 152. The van der Waals surface area contributed by atoms with Crippen LogP contribution in [0.15, 0.2) is 12.3 Å². The van der Waals surface area contributed by atoms with E-state index >= 15 is 0 Å². The van der Waals surface area contributed by atoms with Gasteiger partial charge >= 0.3 is 0 Å². The number of rotatable bonds is 12. The molecule has 0 atom stereocenters. The van der Waals surface area contributed by atoms with Gasteiger partial charge in [-0.1, -0.05) is 65.4 Å². The summed E-state index contributed by atoms with van der Waals surface area (Å²) in [4.78, 5) is 0. The lowest BCUT2D eigenvalue weighted by molar-refractivity contribution is 0.584. The van der Waals surface area contributed by atoms with E-state index in [4.69, 9.17) is 0 Å². The van der Waals surface area contributed by atoms with Crippen LogP contribution in [-0.4, -0.2) is 6.54 Å². The second-order valence-electron chi connectivity index (χ2n) is 4.76. The SMILES string of the molecule is C=C(CCCCC)NCCCCCCCC. The Morgan fingerprint density at radius 3 is 2.06 bits per heavy atom. The molecule has 1 heteroatoms. The zero-order chi connectivity index (χ0) is 12.1. The highest BCUT2D eigenvalue weighted by Gasteiger charge is 1.94. The van der Waals surface area contributed by atoms with Crippen molar-refractivity contribution < 1.29 is 0 Å². The van der Waals surface area contributed by atoms with E-state index in [1.54, 1.807) is 0 Å². The molecule has 0 amide bonds. The molecule has 0 bridgehead atoms. The third-order valence-corrected chi connectivity index (χ3v) is 2.99. The number of hydrogen-bond acceptors (Lipinski definition) is 1. The van der Waals surface area contributed by atoms with E-state index in [0.717, 1.165) is 13.0 Å². The molecule has 0 radical (unpaired) electrons. The molecule has 1 N–H and O–H groups in total. The molecule has 0 spiro atoms. The van der Waals surface area contributed by atoms with Crippen LogP contribution in [-0.2, 0) is 0 Å². The van der Waals surface area contributed by atoms with Crippen LogP contribution < -0.4 is 5.32 Å². The third-order valence-electron chi connectivity index (χ3n) is 2.99. The first kappa shape index (κ1) is 15.5. The first-order chi connectivity index (χ1) is 7.81. The van der Waals surface area contributed by atoms with Crippen LogP contribution in [0.5, 0.6) is 0 Å². The van der Waals surface area contributed by atoms with E-state index in [9.17, 15) is 0 Å². The molecule has 0 saturated heterocycles. The van der Waals surface area contributed by atoms with Gasteiger partial charge in [-0.15, -0.1) is 0 Å². The molecule has 0 unspecified atom stereocenters. The van der Waals surface area contributed by atoms with E-state index in [1.165, 1.54) is 63.5 Å². The normalized spacial score (nSPS) is 10.4. The summed E-state index contributed by atoms with van der Waals surface area (Å²) < 4.78 is 0. The molecular formula is C15H31N. The minimum Gasteiger partial charge on any atom is -0.389 e. The van der Waals surface area contributed by atoms with Gasteiger partial charge in [-0.2, -0.15) is 0 Å². The predicted molar refractivity (Wildman–Crippen MR) is 74.7 cm³/mol. The first-order valence-electron chi connectivity index (χ1n) is 7.22. The number of allylic oxidation sites excluding steroid dienone is 1. The Hall–Kier alpha value is -0.460. The molecule has 96 valence electrons. The smallest absolute Gasteiger partial charge is 0.0143 e. The monoisotopic (exact) mass is 225 g/mol. The van der Waals surface area contributed by atoms with Crippen LogP contribution in [0.4, 0.5) is 0 Å². The minimum atomic E-state index is 1.12. The maximum absolute atomic E-state index is 4.06. The van der Waals surface area contributed by atoms with Crippen molar-refractivity contribution in [3.63, 3.8) is 0 Å². The van der Waals surface area contributed by atoms with Crippen molar-refractivity contribution in [2.75, 3.05) is 6.54 Å². The standard InChI is InChI=1S/C15H31N/c1-4-6-8-9-10-12-14-16-15(3)13-11-7-5-2/h16H,3-14H2,1-2H3. The summed E-state index contributed by atoms with van der Waals surface area (Å²) in [5.74, 6) is 0. The minimum absolute atomic E-state index is 1.12. The molecule has 0 heterocycles. The fourth-order valence-electron chi connectivity index (χ4n) is 1.85. The van der Waals surface area contributed by atoms with Crippen LogP contribution in [0.25, 0.3) is 0 Å². The maximum Gasteiger partial charge on any atom is 0.0143 e. The fraction of sp³-hybridized carbons (Fsp3) is 0.867. The van der Waals surface area contributed by atoms with Crippen molar-refractivity contribution in [3.05, 3.63) is 12.3 Å². The second kappa shape index (κ2) is 12.6. The lowest BCUT2D eigenvalue weighted by atomic mass is 10.1. The van der Waals surface area contributed by atoms with Gasteiger partial charge in [0, 0.05) is 12.2 Å². The van der Waals surface area contributed by atoms with Gasteiger partial charge in [0.05, 0.1) is 0 Å². The van der Waals surface area contributed by atoms with Crippen molar-refractivity contribution >= 4 is 0 Å². The molecule has 0 saturated carbocycles. The molecule has 0 aromatic rings. The Morgan fingerprint density at radius 1 is 0.812 bits per heavy atom. The lowest BCUT2D eigenvalue weighted by Crippen LogP contribution is -2.13. The van der Waals surface area contributed by atoms with Crippen LogP contribution in [0.1, 0.15) is 78.1 Å². The highest BCUT2D eigenvalue weighted by molar-refractivity contribution is 4.90. The van der Waals surface area contributed by atoms with E-state index in [2.05, 4.69) is 25.7 Å². The predicted octanol–water partition coefficient (Wildman–Crippen LogP) is 5.03. The van der Waals surface area contributed by atoms with E-state index in [-0.39, 0.29) is 0 Å². The highest BCUT2D eigenvalue weighted by atomic mass is 14.9. The van der Waals surface area contributed by atoms with Gasteiger partial charge in [0.2, 0.25) is 0 Å². The quantitative estimate of drug-likeness (QED) is 0.459. The van der Waals surface area contributed by atoms with Crippen molar-refractivity contribution in [2.24, 2.45) is 0 Å². The summed E-state index contributed by atoms with van der Waals surface area (Å²) in [5.41, 5.74) is 1.24. The van der Waals surface area contributed by atoms with E-state index in [1.807, 2.05) is 0 Å². The summed E-state index contributed by atoms with van der Waals surface area (Å²) in [6, 6.07) is 0. The Kier molecular flexibility index (Phi) is 12.2. The van der Waals surface area contributed by atoms with Gasteiger partial charge in [0.1, 0.15) is 0 Å². The zero-order valence-corrected chi connectivity index (χ0v) is 11.5. The molecule has 0 aromatic heterocycles. The summed E-state index contributed by atoms with van der Waals surface area (Å²) in [5, 5.41) is 3.44. The summed E-state index contributed by atoms with van der Waals surface area (Å²) in [7, 11) is 0. The van der Waals surface area contributed by atoms with Crippen LogP contribution in [0.2, 0.25) is 0 Å². The van der Waals surface area contributed by atoms with E-state index in [0.29, 0.717) is 0 Å². The number of nitrogens with one attached hydrogen (secondary N) is 1. The lowest BCUT2D eigenvalue weighted by Gasteiger charge is -2.09. The summed E-state index contributed by atoms with van der Waals surface area (Å²) in [6.07, 6.45) is 13.3. The fourth-order valence-corrected chi connectivity index (χ4v) is 1.85. The van der Waals surface area contributed by atoms with Crippen LogP contribution in [0.3, 0.4) is 0 Å². The van der Waals surface area contributed by atoms with E-state index < -0.39 is 0 Å². The average molecular weight is 225 g/mol. The topological polar surface area (TPSA) is 12.0 Å². The van der Waals surface area contributed by atoms with Gasteiger partial charge in [-0.05, 0) is 19.3 Å². The van der Waals surface area contributed by atoms with Crippen molar-refractivity contribution in [1.82, 2.24) is 5.32 Å². The average Bonchev–Trinajstić information content (AvgIpc) is 2.28. The van der Waals surface area contributed by atoms with Gasteiger partial charge in [-0.25, -0.2) is 0 Å². The number of unbranched alkanes of at least 4 members (excludes halogenated alkanes) is 7. The molecule has 0 fully saturated rings. The molecule has 0 aliphatic heterocycles.